The summed E-state index contributed by atoms with van der Waals surface area (Å²) in [4.78, 5) is 0. The van der Waals surface area contributed by atoms with Gasteiger partial charge in [0.25, 0.3) is 0 Å². The molecule has 0 heterocycles. The van der Waals surface area contributed by atoms with Gasteiger partial charge in [0, 0.05) is 0 Å². The van der Waals surface area contributed by atoms with Gasteiger partial charge in [0.15, 0.2) is 0 Å². The van der Waals surface area contributed by atoms with Gasteiger partial charge in [-0.1, -0.05) is 194 Å². The molecule has 268 valence electrons. The molecule has 12 aromatic carbocycles. The highest BCUT2D eigenvalue weighted by molar-refractivity contribution is 6.31. The Morgan fingerprint density at radius 1 is 0.155 bits per heavy atom. The van der Waals surface area contributed by atoms with Gasteiger partial charge in [0.05, 0.1) is 0 Å². The maximum absolute atomic E-state index is 2.47. The van der Waals surface area contributed by atoms with Gasteiger partial charge < -0.3 is 0 Å². The van der Waals surface area contributed by atoms with E-state index < -0.39 is 0 Å². The van der Waals surface area contributed by atoms with Crippen LogP contribution in [0.5, 0.6) is 0 Å². The average Bonchev–Trinajstić information content (AvgIpc) is 3.29. The van der Waals surface area contributed by atoms with Crippen molar-refractivity contribution < 1.29 is 0 Å². The van der Waals surface area contributed by atoms with E-state index in [-0.39, 0.29) is 0 Å². The zero-order chi connectivity index (χ0) is 38.2. The summed E-state index contributed by atoms with van der Waals surface area (Å²) in [5.74, 6) is 0. The van der Waals surface area contributed by atoms with Crippen LogP contribution in [0.25, 0.3) is 120 Å². The molecule has 0 aliphatic heterocycles. The minimum Gasteiger partial charge on any atom is -0.0616 e. The lowest BCUT2D eigenvalue weighted by atomic mass is 9.80. The van der Waals surface area contributed by atoms with Crippen LogP contribution in [-0.4, -0.2) is 0 Å². The zero-order valence-corrected chi connectivity index (χ0v) is 31.8. The monoisotopic (exact) mass is 732 g/mol. The molecule has 0 nitrogen and oxygen atoms in total. The molecular weight excluding hydrogens is 697 g/mol. The van der Waals surface area contributed by atoms with Crippen LogP contribution in [0.4, 0.5) is 0 Å². The third-order valence-electron chi connectivity index (χ3n) is 12.4. The first kappa shape index (κ1) is 32.7. The summed E-state index contributed by atoms with van der Waals surface area (Å²) in [5, 5.41) is 17.6. The normalized spacial score (nSPS) is 11.8. The van der Waals surface area contributed by atoms with Crippen molar-refractivity contribution in [1.29, 1.82) is 0 Å². The van der Waals surface area contributed by atoms with Crippen molar-refractivity contribution in [3.63, 3.8) is 0 Å². The van der Waals surface area contributed by atoms with Gasteiger partial charge in [-0.05, 0) is 144 Å². The van der Waals surface area contributed by atoms with Gasteiger partial charge in [0.1, 0.15) is 0 Å². The zero-order valence-electron chi connectivity index (χ0n) is 31.8. The van der Waals surface area contributed by atoms with Gasteiger partial charge in [-0.2, -0.15) is 0 Å². The Labute approximate surface area is 336 Å². The molecule has 12 aromatic rings. The molecule has 0 aliphatic carbocycles. The molecule has 58 heavy (non-hydrogen) atoms. The third kappa shape index (κ3) is 5.09. The molecule has 0 aromatic heterocycles. The molecule has 0 heteroatoms. The Morgan fingerprint density at radius 3 is 0.948 bits per heavy atom. The van der Waals surface area contributed by atoms with Crippen LogP contribution >= 0.6 is 0 Å². The van der Waals surface area contributed by atoms with E-state index in [1.807, 2.05) is 0 Å². The molecule has 0 amide bonds. The number of benzene rings is 12. The molecule has 0 unspecified atom stereocenters. The summed E-state index contributed by atoms with van der Waals surface area (Å²) in [6.07, 6.45) is 0. The van der Waals surface area contributed by atoms with E-state index in [0.717, 1.165) is 0 Å². The van der Waals surface area contributed by atoms with Crippen LogP contribution in [0.2, 0.25) is 0 Å². The number of hydrogen-bond acceptors (Lipinski definition) is 0. The Kier molecular flexibility index (Phi) is 7.33. The lowest BCUT2D eigenvalue weighted by Gasteiger charge is -2.22. The van der Waals surface area contributed by atoms with Crippen molar-refractivity contribution in [2.75, 3.05) is 0 Å². The van der Waals surface area contributed by atoms with Crippen molar-refractivity contribution in [3.8, 4) is 44.5 Å². The van der Waals surface area contributed by atoms with Crippen molar-refractivity contribution in [2.24, 2.45) is 0 Å². The van der Waals surface area contributed by atoms with Gasteiger partial charge in [-0.25, -0.2) is 0 Å². The average molecular weight is 733 g/mol. The summed E-state index contributed by atoms with van der Waals surface area (Å²) in [6, 6.07) is 81.1. The quantitative estimate of drug-likeness (QED) is 0.158. The third-order valence-corrected chi connectivity index (χ3v) is 12.4. The highest BCUT2D eigenvalue weighted by Crippen LogP contribution is 2.50. The predicted molar refractivity (Wildman–Crippen MR) is 251 cm³/mol. The van der Waals surface area contributed by atoms with Crippen molar-refractivity contribution in [2.45, 2.75) is 0 Å². The number of hydrogen-bond donors (Lipinski definition) is 0. The summed E-state index contributed by atoms with van der Waals surface area (Å²) < 4.78 is 0. The maximum Gasteiger partial charge on any atom is -0.00137 e. The topological polar surface area (TPSA) is 0 Å². The van der Waals surface area contributed by atoms with E-state index in [9.17, 15) is 0 Å². The largest absolute Gasteiger partial charge is 0.0616 e. The molecule has 0 saturated heterocycles. The molecule has 0 fully saturated rings. The van der Waals surface area contributed by atoms with Crippen LogP contribution in [0, 0.1) is 0 Å². The molecule has 0 radical (unpaired) electrons. The lowest BCUT2D eigenvalue weighted by Crippen LogP contribution is -1.95. The Bertz CT molecular complexity index is 3500. The van der Waals surface area contributed by atoms with E-state index in [1.54, 1.807) is 0 Å². The highest BCUT2D eigenvalue weighted by atomic mass is 14.3. The summed E-state index contributed by atoms with van der Waals surface area (Å²) in [7, 11) is 0. The summed E-state index contributed by atoms with van der Waals surface area (Å²) >= 11 is 0. The molecule has 0 spiro atoms. The summed E-state index contributed by atoms with van der Waals surface area (Å²) in [6.45, 7) is 0. The Hall–Kier alpha value is -7.54. The molecule has 0 aliphatic rings. The first-order chi connectivity index (χ1) is 28.8. The molecule has 12 rings (SSSR count). The van der Waals surface area contributed by atoms with Crippen LogP contribution in [-0.2, 0) is 0 Å². The van der Waals surface area contributed by atoms with Crippen LogP contribution in [0.1, 0.15) is 0 Å². The van der Waals surface area contributed by atoms with E-state index in [4.69, 9.17) is 0 Å². The second-order valence-electron chi connectivity index (χ2n) is 15.6. The first-order valence-electron chi connectivity index (χ1n) is 20.2. The van der Waals surface area contributed by atoms with Crippen LogP contribution in [0.15, 0.2) is 218 Å². The number of fused-ring (bicyclic) bond motifs is 7. The van der Waals surface area contributed by atoms with Gasteiger partial charge in [0.2, 0.25) is 0 Å². The van der Waals surface area contributed by atoms with Crippen molar-refractivity contribution in [3.05, 3.63) is 218 Å². The fraction of sp³-hybridized carbons (Fsp3) is 0. The van der Waals surface area contributed by atoms with Crippen molar-refractivity contribution in [1.82, 2.24) is 0 Å². The fourth-order valence-electron chi connectivity index (χ4n) is 9.69. The SMILES string of the molecule is c1ccc2cc(-c3ccc(-c4ccc5c(-c6c7ccccc7cc7ccccc67)c6ccccc6c(-c6c7ccccc7cc7ccccc67)c5c4)cc3)ccc2c1. The van der Waals surface area contributed by atoms with Crippen LogP contribution in [0.3, 0.4) is 0 Å². The molecular formula is C58H36. The fourth-order valence-corrected chi connectivity index (χ4v) is 9.69. The molecule has 0 bridgehead atoms. The Balaban J connectivity index is 1.19. The standard InChI is InChI=1S/C58H36/c1-2-14-40-33-41(30-29-37(40)13-1)38-25-27-39(28-26-38)42-31-32-53-54(36-42)58(56-49-21-9-5-17-45(49)35-46-18-6-10-22-50(46)56)52-24-12-11-23-51(52)57(53)55-47-19-7-3-15-43(47)34-44-16-4-8-20-48(44)55/h1-36H. The van der Waals surface area contributed by atoms with Crippen molar-refractivity contribution >= 4 is 75.4 Å². The minimum atomic E-state index is 1.20. The molecule has 0 saturated carbocycles. The summed E-state index contributed by atoms with van der Waals surface area (Å²) in [5.41, 5.74) is 9.98. The van der Waals surface area contributed by atoms with Gasteiger partial charge in [-0.3, -0.25) is 0 Å². The number of rotatable bonds is 4. The van der Waals surface area contributed by atoms with E-state index in [0.29, 0.717) is 0 Å². The lowest BCUT2D eigenvalue weighted by molar-refractivity contribution is 1.61. The highest BCUT2D eigenvalue weighted by Gasteiger charge is 2.23. The molecule has 0 atom stereocenters. The maximum atomic E-state index is 2.47. The first-order valence-corrected chi connectivity index (χ1v) is 20.2. The van der Waals surface area contributed by atoms with E-state index >= 15 is 0 Å². The van der Waals surface area contributed by atoms with Gasteiger partial charge in [-0.15, -0.1) is 0 Å². The van der Waals surface area contributed by atoms with E-state index in [2.05, 4.69) is 218 Å². The smallest absolute Gasteiger partial charge is 0.00137 e. The van der Waals surface area contributed by atoms with E-state index in [1.165, 1.54) is 120 Å². The Morgan fingerprint density at radius 2 is 0.466 bits per heavy atom. The second-order valence-corrected chi connectivity index (χ2v) is 15.6. The predicted octanol–water partition coefficient (Wildman–Crippen LogP) is 16.4. The second kappa shape index (κ2) is 13.0. The minimum absolute atomic E-state index is 1.20. The van der Waals surface area contributed by atoms with Gasteiger partial charge >= 0.3 is 0 Å². The van der Waals surface area contributed by atoms with Crippen LogP contribution < -0.4 is 0 Å². The molecule has 0 N–H and O–H groups in total.